The van der Waals surface area contributed by atoms with Gasteiger partial charge in [-0.15, -0.1) is 0 Å². The Morgan fingerprint density at radius 2 is 1.84 bits per heavy atom. The third-order valence-corrected chi connectivity index (χ3v) is 6.74. The molecule has 2 heterocycles. The molecule has 0 radical (unpaired) electrons. The average Bonchev–Trinajstić information content (AvgIpc) is 2.91. The summed E-state index contributed by atoms with van der Waals surface area (Å²) in [4.78, 5) is 33.8. The van der Waals surface area contributed by atoms with Crippen LogP contribution in [0.1, 0.15) is 53.3 Å². The number of carboxylic acids is 1. The van der Waals surface area contributed by atoms with E-state index in [4.69, 9.17) is 31.4 Å². The fraction of sp³-hybridized carbons (Fsp3) is 0.241. The van der Waals surface area contributed by atoms with Gasteiger partial charge in [0.05, 0.1) is 35.1 Å². The Labute approximate surface area is 223 Å². The molecule has 0 unspecified atom stereocenters. The summed E-state index contributed by atoms with van der Waals surface area (Å²) >= 11 is 6.06. The van der Waals surface area contributed by atoms with Gasteiger partial charge in [0.1, 0.15) is 11.6 Å². The Morgan fingerprint density at radius 1 is 1.03 bits per heavy atom. The molecule has 0 spiro atoms. The van der Waals surface area contributed by atoms with Crippen molar-refractivity contribution in [2.75, 3.05) is 6.61 Å². The highest BCUT2D eigenvalue weighted by Crippen LogP contribution is 2.33. The third kappa shape index (κ3) is 5.75. The monoisotopic (exact) mass is 533 g/mol. The summed E-state index contributed by atoms with van der Waals surface area (Å²) in [7, 11) is 0. The molecule has 3 aromatic carbocycles. The van der Waals surface area contributed by atoms with E-state index in [9.17, 15) is 14.0 Å². The van der Waals surface area contributed by atoms with Gasteiger partial charge in [0.2, 0.25) is 0 Å². The number of fused-ring (bicyclic) bond motifs is 2. The number of carbonyl (C=O) groups excluding carboxylic acids is 1. The lowest BCUT2D eigenvalue weighted by Gasteiger charge is -2.26. The summed E-state index contributed by atoms with van der Waals surface area (Å²) in [6.07, 6.45) is 2.30. The molecule has 1 aliphatic heterocycles. The lowest BCUT2D eigenvalue weighted by Crippen LogP contribution is -2.32. The maximum absolute atomic E-state index is 13.8. The number of aliphatic carboxylic acids is 1. The van der Waals surface area contributed by atoms with Crippen LogP contribution in [0, 0.1) is 5.82 Å². The predicted octanol–water partition coefficient (Wildman–Crippen LogP) is 6.14. The Kier molecular flexibility index (Phi) is 7.51. The summed E-state index contributed by atoms with van der Waals surface area (Å²) in [5.41, 5.74) is 4.47. The first kappa shape index (κ1) is 25.6. The van der Waals surface area contributed by atoms with Crippen LogP contribution in [0.25, 0.3) is 22.3 Å². The molecule has 194 valence electrons. The zero-order chi connectivity index (χ0) is 26.6. The normalized spacial score (nSPS) is 14.5. The van der Waals surface area contributed by atoms with Gasteiger partial charge in [-0.25, -0.2) is 14.4 Å². The van der Waals surface area contributed by atoms with Crippen LogP contribution in [0.2, 0.25) is 5.02 Å². The number of ether oxygens (including phenoxy) is 1. The largest absolute Gasteiger partial charge is 0.493 e. The van der Waals surface area contributed by atoms with E-state index in [2.05, 4.69) is 5.32 Å². The second kappa shape index (κ2) is 11.1. The highest BCUT2D eigenvalue weighted by molar-refractivity contribution is 6.30. The fourth-order valence-corrected chi connectivity index (χ4v) is 4.70. The van der Waals surface area contributed by atoms with E-state index in [1.165, 1.54) is 12.1 Å². The highest BCUT2D eigenvalue weighted by atomic mass is 35.5. The van der Waals surface area contributed by atoms with E-state index in [0.717, 1.165) is 11.3 Å². The molecule has 0 bridgehead atoms. The van der Waals surface area contributed by atoms with Crippen molar-refractivity contribution in [3.8, 4) is 17.0 Å². The molecule has 0 saturated carbocycles. The minimum atomic E-state index is -0.835. The van der Waals surface area contributed by atoms with Gasteiger partial charge in [-0.05, 0) is 67.8 Å². The fourth-order valence-electron chi connectivity index (χ4n) is 4.57. The first-order chi connectivity index (χ1) is 18.4. The van der Waals surface area contributed by atoms with Crippen molar-refractivity contribution in [2.45, 2.75) is 38.1 Å². The van der Waals surface area contributed by atoms with Gasteiger partial charge in [0, 0.05) is 34.6 Å². The van der Waals surface area contributed by atoms with E-state index >= 15 is 0 Å². The van der Waals surface area contributed by atoms with Crippen LogP contribution in [0.15, 0.2) is 60.7 Å². The third-order valence-electron chi connectivity index (χ3n) is 6.49. The zero-order valence-electron chi connectivity index (χ0n) is 20.4. The standard InChI is InChI=1S/C29H25ClFN3O4/c30-19-8-5-17(6-9-19)28-24(3-1-2-4-27(35)36)32-25-15-18(7-11-23(25)33-28)29(37)34-22-13-14-38-26-12-10-20(31)16-21(22)26/h5-12,15-16,22H,1-4,13-14H2,(H,34,37)(H,35,36)/t22-/m0/s1. The number of carbonyl (C=O) groups is 2. The second-order valence-corrected chi connectivity index (χ2v) is 9.61. The quantitative estimate of drug-likeness (QED) is 0.264. The van der Waals surface area contributed by atoms with E-state index in [1.54, 1.807) is 36.4 Å². The summed E-state index contributed by atoms with van der Waals surface area (Å²) in [6, 6.07) is 16.4. The molecule has 0 aliphatic carbocycles. The number of hydrogen-bond donors (Lipinski definition) is 2. The Morgan fingerprint density at radius 3 is 2.63 bits per heavy atom. The molecule has 7 nitrogen and oxygen atoms in total. The van der Waals surface area contributed by atoms with Crippen molar-refractivity contribution in [2.24, 2.45) is 0 Å². The minimum absolute atomic E-state index is 0.0842. The lowest BCUT2D eigenvalue weighted by atomic mass is 9.99. The van der Waals surface area contributed by atoms with Crippen molar-refractivity contribution in [1.29, 1.82) is 0 Å². The maximum Gasteiger partial charge on any atom is 0.303 e. The number of benzene rings is 3. The van der Waals surface area contributed by atoms with Crippen LogP contribution >= 0.6 is 11.6 Å². The predicted molar refractivity (Wildman–Crippen MR) is 142 cm³/mol. The zero-order valence-corrected chi connectivity index (χ0v) is 21.2. The van der Waals surface area contributed by atoms with Crippen molar-refractivity contribution >= 4 is 34.5 Å². The van der Waals surface area contributed by atoms with Gasteiger partial charge < -0.3 is 15.2 Å². The first-order valence-corrected chi connectivity index (χ1v) is 12.8. The summed E-state index contributed by atoms with van der Waals surface area (Å²) in [5, 5.41) is 12.6. The number of amides is 1. The Hall–Kier alpha value is -4.04. The molecular weight excluding hydrogens is 509 g/mol. The summed E-state index contributed by atoms with van der Waals surface area (Å²) < 4.78 is 19.4. The van der Waals surface area contributed by atoms with Crippen LogP contribution in [-0.4, -0.2) is 33.6 Å². The molecule has 0 fully saturated rings. The van der Waals surface area contributed by atoms with E-state index in [0.29, 0.717) is 70.9 Å². The number of nitrogens with one attached hydrogen (secondary N) is 1. The van der Waals surface area contributed by atoms with Crippen molar-refractivity contribution in [1.82, 2.24) is 15.3 Å². The molecule has 38 heavy (non-hydrogen) atoms. The SMILES string of the molecule is O=C(O)CCCCc1nc2cc(C(=O)N[C@H]3CCOc4ccc(F)cc43)ccc2nc1-c1ccc(Cl)cc1. The number of aromatic nitrogens is 2. The van der Waals surface area contributed by atoms with Gasteiger partial charge in [-0.2, -0.15) is 0 Å². The smallest absolute Gasteiger partial charge is 0.303 e. The summed E-state index contributed by atoms with van der Waals surface area (Å²) in [6.45, 7) is 0.422. The van der Waals surface area contributed by atoms with Crippen LogP contribution in [0.5, 0.6) is 5.75 Å². The van der Waals surface area contributed by atoms with E-state index < -0.39 is 5.97 Å². The molecule has 1 amide bonds. The Bertz CT molecular complexity index is 1510. The number of rotatable bonds is 8. The maximum atomic E-state index is 13.8. The molecule has 2 N–H and O–H groups in total. The molecule has 0 saturated heterocycles. The molecule has 4 aromatic rings. The molecule has 1 aromatic heterocycles. The van der Waals surface area contributed by atoms with Crippen molar-refractivity contribution in [3.63, 3.8) is 0 Å². The molecule has 1 atom stereocenters. The van der Waals surface area contributed by atoms with Gasteiger partial charge in [-0.3, -0.25) is 9.59 Å². The van der Waals surface area contributed by atoms with E-state index in [1.807, 2.05) is 12.1 Å². The Balaban J connectivity index is 1.43. The second-order valence-electron chi connectivity index (χ2n) is 9.18. The number of hydrogen-bond acceptors (Lipinski definition) is 5. The molecule has 1 aliphatic rings. The summed E-state index contributed by atoms with van der Waals surface area (Å²) in [5.74, 6) is -0.963. The van der Waals surface area contributed by atoms with Crippen LogP contribution in [-0.2, 0) is 11.2 Å². The van der Waals surface area contributed by atoms with Crippen LogP contribution < -0.4 is 10.1 Å². The van der Waals surface area contributed by atoms with E-state index in [-0.39, 0.29) is 24.2 Å². The average molecular weight is 534 g/mol. The first-order valence-electron chi connectivity index (χ1n) is 12.4. The van der Waals surface area contributed by atoms with Crippen LogP contribution in [0.3, 0.4) is 0 Å². The number of aryl methyl sites for hydroxylation is 1. The molecule has 9 heteroatoms. The molecule has 5 rings (SSSR count). The number of nitrogens with zero attached hydrogens (tertiary/aromatic N) is 2. The number of unbranched alkanes of at least 4 members (excludes halogenated alkanes) is 1. The minimum Gasteiger partial charge on any atom is -0.493 e. The van der Waals surface area contributed by atoms with Crippen LogP contribution in [0.4, 0.5) is 4.39 Å². The van der Waals surface area contributed by atoms with Crippen molar-refractivity contribution < 1.29 is 23.8 Å². The highest BCUT2D eigenvalue weighted by Gasteiger charge is 2.24. The van der Waals surface area contributed by atoms with Crippen molar-refractivity contribution in [3.05, 3.63) is 88.3 Å². The van der Waals surface area contributed by atoms with Gasteiger partial charge in [-0.1, -0.05) is 23.7 Å². The molecular formula is C29H25ClFN3O4. The van der Waals surface area contributed by atoms with Gasteiger partial charge in [0.15, 0.2) is 0 Å². The topological polar surface area (TPSA) is 101 Å². The number of carboxylic acid groups (broad SMARTS) is 1. The number of halogens is 2. The lowest BCUT2D eigenvalue weighted by molar-refractivity contribution is -0.137. The van der Waals surface area contributed by atoms with Gasteiger partial charge >= 0.3 is 5.97 Å². The van der Waals surface area contributed by atoms with Gasteiger partial charge in [0.25, 0.3) is 5.91 Å².